The van der Waals surface area contributed by atoms with Gasteiger partial charge in [-0.25, -0.2) is 17.2 Å². The van der Waals surface area contributed by atoms with E-state index in [4.69, 9.17) is 4.74 Å². The van der Waals surface area contributed by atoms with Crippen LogP contribution in [0, 0.1) is 11.6 Å². The number of halogens is 3. The van der Waals surface area contributed by atoms with Crippen LogP contribution in [0.25, 0.3) is 0 Å². The van der Waals surface area contributed by atoms with Crippen molar-refractivity contribution >= 4 is 49.4 Å². The number of ether oxygens (including phenoxy) is 1. The number of nitrogens with zero attached hydrogens (tertiary/aromatic N) is 3. The van der Waals surface area contributed by atoms with Crippen molar-refractivity contribution in [2.24, 2.45) is 0 Å². The van der Waals surface area contributed by atoms with Crippen LogP contribution in [0.15, 0.2) is 76.1 Å². The molecule has 3 amide bonds. The lowest BCUT2D eigenvalue weighted by Gasteiger charge is -2.33. The van der Waals surface area contributed by atoms with Crippen LogP contribution in [0.5, 0.6) is 5.75 Å². The van der Waals surface area contributed by atoms with Gasteiger partial charge in [0.25, 0.3) is 0 Å². The fourth-order valence-electron chi connectivity index (χ4n) is 4.58. The number of carbonyl (C=O) groups is 3. The number of anilines is 1. The molecule has 0 unspecified atom stereocenters. The van der Waals surface area contributed by atoms with Gasteiger partial charge in [0, 0.05) is 42.8 Å². The second-order valence-electron chi connectivity index (χ2n) is 9.81. The Hall–Kier alpha value is -3.88. The Bertz CT molecular complexity index is 1600. The van der Waals surface area contributed by atoms with Gasteiger partial charge in [-0.3, -0.25) is 14.4 Å². The van der Waals surface area contributed by atoms with Crippen LogP contribution in [0.1, 0.15) is 5.56 Å². The molecule has 0 spiro atoms. The van der Waals surface area contributed by atoms with Crippen molar-refractivity contribution in [3.63, 3.8) is 0 Å². The first-order chi connectivity index (χ1) is 20.4. The predicted molar refractivity (Wildman–Crippen MR) is 158 cm³/mol. The molecule has 14 heteroatoms. The average molecular weight is 680 g/mol. The molecule has 0 radical (unpaired) electrons. The summed E-state index contributed by atoms with van der Waals surface area (Å²) in [6.45, 7) is -1.01. The molecule has 4 rings (SSSR count). The second kappa shape index (κ2) is 13.6. The summed E-state index contributed by atoms with van der Waals surface area (Å²) in [4.78, 5) is 42.0. The molecule has 3 aromatic carbocycles. The van der Waals surface area contributed by atoms with E-state index >= 15 is 0 Å². The molecule has 1 N–H and O–H groups in total. The van der Waals surface area contributed by atoms with Gasteiger partial charge in [-0.15, -0.1) is 0 Å². The molecule has 1 atom stereocenters. The number of methoxy groups -OCH3 is 1. The zero-order chi connectivity index (χ0) is 31.3. The quantitative estimate of drug-likeness (QED) is 0.353. The molecule has 1 aliphatic rings. The normalized spacial score (nSPS) is 14.7. The van der Waals surface area contributed by atoms with E-state index in [2.05, 4.69) is 21.2 Å². The standard InChI is InChI=1S/C29H29BrF2N4O6S/c1-34(23-6-8-24(42-2)9-7-23)29(39)26(14-19-12-21(31)16-22(32)13-19)33-27(37)17-35-10-11-36(18-28(35)38)43(40,41)25-5-3-4-20(30)15-25/h3-9,12-13,15-16,26H,10-11,14,17-18H2,1-2H3,(H,33,37)/t26-/m0/s1. The molecule has 0 saturated carbocycles. The van der Waals surface area contributed by atoms with Gasteiger partial charge in [-0.2, -0.15) is 4.31 Å². The first-order valence-electron chi connectivity index (χ1n) is 13.1. The van der Waals surface area contributed by atoms with E-state index in [0.29, 0.717) is 22.0 Å². The summed E-state index contributed by atoms with van der Waals surface area (Å²) in [5.74, 6) is -2.96. The summed E-state index contributed by atoms with van der Waals surface area (Å²) in [5.41, 5.74) is 0.621. The number of likely N-dealkylation sites (N-methyl/N-ethyl adjacent to an activating group) is 1. The zero-order valence-corrected chi connectivity index (χ0v) is 25.7. The topological polar surface area (TPSA) is 116 Å². The maximum absolute atomic E-state index is 13.9. The Balaban J connectivity index is 1.46. The molecule has 1 aliphatic heterocycles. The maximum atomic E-state index is 13.9. The monoisotopic (exact) mass is 678 g/mol. The zero-order valence-electron chi connectivity index (χ0n) is 23.3. The summed E-state index contributed by atoms with van der Waals surface area (Å²) in [6.07, 6.45) is -0.230. The highest BCUT2D eigenvalue weighted by atomic mass is 79.9. The van der Waals surface area contributed by atoms with Crippen LogP contribution in [0.4, 0.5) is 14.5 Å². The maximum Gasteiger partial charge on any atom is 0.249 e. The van der Waals surface area contributed by atoms with Crippen molar-refractivity contribution < 1.29 is 36.3 Å². The van der Waals surface area contributed by atoms with Crippen molar-refractivity contribution in [1.82, 2.24) is 14.5 Å². The predicted octanol–water partition coefficient (Wildman–Crippen LogP) is 2.96. The first-order valence-corrected chi connectivity index (χ1v) is 15.3. The summed E-state index contributed by atoms with van der Waals surface area (Å²) >= 11 is 3.24. The summed E-state index contributed by atoms with van der Waals surface area (Å²) in [6, 6.07) is 14.3. The van der Waals surface area contributed by atoms with Gasteiger partial charge in [0.05, 0.1) is 25.1 Å². The van der Waals surface area contributed by atoms with Crippen LogP contribution in [-0.2, 0) is 30.8 Å². The first kappa shape index (κ1) is 32.0. The third-order valence-electron chi connectivity index (χ3n) is 6.84. The largest absolute Gasteiger partial charge is 0.497 e. The number of hydrogen-bond acceptors (Lipinski definition) is 6. The number of rotatable bonds is 10. The minimum absolute atomic E-state index is 0.0250. The van der Waals surface area contributed by atoms with Gasteiger partial charge >= 0.3 is 0 Å². The number of sulfonamides is 1. The van der Waals surface area contributed by atoms with Crippen LogP contribution >= 0.6 is 15.9 Å². The highest BCUT2D eigenvalue weighted by Gasteiger charge is 2.34. The molecule has 3 aromatic rings. The number of piperazine rings is 1. The van der Waals surface area contributed by atoms with E-state index in [-0.39, 0.29) is 30.0 Å². The van der Waals surface area contributed by atoms with E-state index in [1.165, 1.54) is 36.1 Å². The molecule has 0 aromatic heterocycles. The molecule has 1 fully saturated rings. The van der Waals surface area contributed by atoms with E-state index in [0.717, 1.165) is 16.4 Å². The lowest BCUT2D eigenvalue weighted by molar-refractivity contribution is -0.139. The molecule has 43 heavy (non-hydrogen) atoms. The number of hydrogen-bond donors (Lipinski definition) is 1. The minimum Gasteiger partial charge on any atom is -0.497 e. The molecule has 1 heterocycles. The smallest absolute Gasteiger partial charge is 0.249 e. The Morgan fingerprint density at radius 3 is 2.33 bits per heavy atom. The highest BCUT2D eigenvalue weighted by Crippen LogP contribution is 2.22. The van der Waals surface area contributed by atoms with Crippen molar-refractivity contribution in [2.75, 3.05) is 45.2 Å². The Morgan fingerprint density at radius 1 is 1.05 bits per heavy atom. The van der Waals surface area contributed by atoms with E-state index in [1.54, 1.807) is 36.4 Å². The lowest BCUT2D eigenvalue weighted by atomic mass is 10.0. The number of carbonyl (C=O) groups excluding carboxylic acids is 3. The molecule has 228 valence electrons. The van der Waals surface area contributed by atoms with Gasteiger partial charge < -0.3 is 19.9 Å². The van der Waals surface area contributed by atoms with Crippen molar-refractivity contribution in [3.8, 4) is 5.75 Å². The van der Waals surface area contributed by atoms with Crippen LogP contribution in [0.3, 0.4) is 0 Å². The summed E-state index contributed by atoms with van der Waals surface area (Å²) < 4.78 is 60.6. The van der Waals surface area contributed by atoms with Gasteiger partial charge in [-0.05, 0) is 60.2 Å². The summed E-state index contributed by atoms with van der Waals surface area (Å²) in [7, 11) is -0.956. The number of benzene rings is 3. The van der Waals surface area contributed by atoms with Crippen molar-refractivity contribution in [3.05, 3.63) is 88.4 Å². The van der Waals surface area contributed by atoms with E-state index in [1.807, 2.05) is 0 Å². The van der Waals surface area contributed by atoms with Crippen molar-refractivity contribution in [2.45, 2.75) is 17.4 Å². The van der Waals surface area contributed by atoms with Crippen LogP contribution in [0.2, 0.25) is 0 Å². The molecular weight excluding hydrogens is 650 g/mol. The Morgan fingerprint density at radius 2 is 1.72 bits per heavy atom. The van der Waals surface area contributed by atoms with Gasteiger partial charge in [-0.1, -0.05) is 22.0 Å². The summed E-state index contributed by atoms with van der Waals surface area (Å²) in [5, 5.41) is 2.59. The SMILES string of the molecule is COc1ccc(N(C)C(=O)[C@H](Cc2cc(F)cc(F)c2)NC(=O)CN2CCN(S(=O)(=O)c3cccc(Br)c3)CC2=O)cc1. The average Bonchev–Trinajstić information content (AvgIpc) is 2.96. The third-order valence-corrected chi connectivity index (χ3v) is 9.17. The number of amides is 3. The Kier molecular flexibility index (Phi) is 10.1. The van der Waals surface area contributed by atoms with Crippen LogP contribution < -0.4 is 15.0 Å². The second-order valence-corrected chi connectivity index (χ2v) is 12.7. The van der Waals surface area contributed by atoms with Gasteiger partial charge in [0.15, 0.2) is 0 Å². The third kappa shape index (κ3) is 7.94. The molecule has 0 aliphatic carbocycles. The van der Waals surface area contributed by atoms with Crippen molar-refractivity contribution in [1.29, 1.82) is 0 Å². The van der Waals surface area contributed by atoms with Gasteiger partial charge in [0.2, 0.25) is 27.7 Å². The fraction of sp³-hybridized carbons (Fsp3) is 0.276. The van der Waals surface area contributed by atoms with E-state index in [9.17, 15) is 31.6 Å². The molecule has 1 saturated heterocycles. The molecular formula is C29H29BrF2N4O6S. The van der Waals surface area contributed by atoms with Crippen LogP contribution in [-0.4, -0.2) is 81.7 Å². The van der Waals surface area contributed by atoms with Gasteiger partial charge in [0.1, 0.15) is 23.4 Å². The minimum atomic E-state index is -3.95. The fourth-order valence-corrected chi connectivity index (χ4v) is 6.56. The molecule has 10 nitrogen and oxygen atoms in total. The lowest BCUT2D eigenvalue weighted by Crippen LogP contribution is -2.56. The highest BCUT2D eigenvalue weighted by molar-refractivity contribution is 9.10. The number of nitrogens with one attached hydrogen (secondary N) is 1. The molecule has 0 bridgehead atoms. The Labute approximate surface area is 256 Å². The van der Waals surface area contributed by atoms with E-state index < -0.39 is 58.5 Å².